The number of carbonyl (C=O) groups is 2. The molecule has 2 aromatic heterocycles. The fourth-order valence-corrected chi connectivity index (χ4v) is 5.62. The SMILES string of the molecule is CC(C)(C)OC(=O)N1CCC(NC(=O)Cc2sc(-c3ccccc3)nc2-c2cccs2)CC1. The Bertz CT molecular complexity index is 1080. The highest BCUT2D eigenvalue weighted by molar-refractivity contribution is 7.17. The zero-order chi connectivity index (χ0) is 23.4. The van der Waals surface area contributed by atoms with E-state index in [2.05, 4.69) is 5.32 Å². The number of hydrogen-bond acceptors (Lipinski definition) is 6. The monoisotopic (exact) mass is 483 g/mol. The number of piperidine rings is 1. The number of thiophene rings is 1. The highest BCUT2D eigenvalue weighted by atomic mass is 32.1. The molecule has 3 heterocycles. The molecule has 0 aliphatic carbocycles. The van der Waals surface area contributed by atoms with E-state index in [9.17, 15) is 9.59 Å². The molecule has 2 amide bonds. The van der Waals surface area contributed by atoms with Crippen LogP contribution >= 0.6 is 22.7 Å². The number of rotatable bonds is 5. The van der Waals surface area contributed by atoms with Gasteiger partial charge in [0.25, 0.3) is 0 Å². The minimum absolute atomic E-state index is 0.00761. The lowest BCUT2D eigenvalue weighted by molar-refractivity contribution is -0.121. The maximum atomic E-state index is 12.9. The van der Waals surface area contributed by atoms with Crippen molar-refractivity contribution < 1.29 is 14.3 Å². The average Bonchev–Trinajstić information content (AvgIpc) is 3.43. The van der Waals surface area contributed by atoms with Crippen molar-refractivity contribution in [1.29, 1.82) is 0 Å². The van der Waals surface area contributed by atoms with Gasteiger partial charge in [-0.25, -0.2) is 9.78 Å². The average molecular weight is 484 g/mol. The van der Waals surface area contributed by atoms with Crippen molar-refractivity contribution in [3.05, 3.63) is 52.7 Å². The van der Waals surface area contributed by atoms with Gasteiger partial charge in [-0.05, 0) is 45.1 Å². The first-order chi connectivity index (χ1) is 15.8. The Morgan fingerprint density at radius 3 is 2.48 bits per heavy atom. The van der Waals surface area contributed by atoms with E-state index in [1.54, 1.807) is 27.6 Å². The van der Waals surface area contributed by atoms with Crippen LogP contribution in [0.4, 0.5) is 4.79 Å². The maximum absolute atomic E-state index is 12.9. The smallest absolute Gasteiger partial charge is 0.410 e. The van der Waals surface area contributed by atoms with Crippen LogP contribution in [0.3, 0.4) is 0 Å². The first-order valence-electron chi connectivity index (χ1n) is 11.1. The van der Waals surface area contributed by atoms with Crippen molar-refractivity contribution in [2.24, 2.45) is 0 Å². The molecule has 8 heteroatoms. The van der Waals surface area contributed by atoms with E-state index in [0.29, 0.717) is 19.5 Å². The Morgan fingerprint density at radius 2 is 1.85 bits per heavy atom. The summed E-state index contributed by atoms with van der Waals surface area (Å²) in [5.41, 5.74) is 1.45. The molecule has 1 fully saturated rings. The molecule has 0 atom stereocenters. The summed E-state index contributed by atoms with van der Waals surface area (Å²) < 4.78 is 5.45. The van der Waals surface area contributed by atoms with Crippen LogP contribution in [0.2, 0.25) is 0 Å². The summed E-state index contributed by atoms with van der Waals surface area (Å²) >= 11 is 3.21. The van der Waals surface area contributed by atoms with Crippen LogP contribution in [-0.2, 0) is 16.0 Å². The van der Waals surface area contributed by atoms with E-state index in [1.165, 1.54) is 0 Å². The number of nitrogens with zero attached hydrogens (tertiary/aromatic N) is 2. The summed E-state index contributed by atoms with van der Waals surface area (Å²) in [5.74, 6) is -0.00761. The lowest BCUT2D eigenvalue weighted by atomic mass is 10.1. The molecular weight excluding hydrogens is 454 g/mol. The topological polar surface area (TPSA) is 71.5 Å². The number of thiazole rings is 1. The van der Waals surface area contributed by atoms with Gasteiger partial charge in [-0.3, -0.25) is 4.79 Å². The predicted molar refractivity (Wildman–Crippen MR) is 134 cm³/mol. The van der Waals surface area contributed by atoms with Crippen LogP contribution in [0, 0.1) is 0 Å². The number of carbonyl (C=O) groups excluding carboxylic acids is 2. The standard InChI is InChI=1S/C25H29N3O3S2/c1-25(2,3)31-24(30)28-13-11-18(12-14-28)26-21(29)16-20-22(19-10-7-15-32-19)27-23(33-20)17-8-5-4-6-9-17/h4-10,15,18H,11-14,16H2,1-3H3,(H,26,29). The molecule has 0 saturated carbocycles. The lowest BCUT2D eigenvalue weighted by Gasteiger charge is -2.33. The zero-order valence-corrected chi connectivity index (χ0v) is 20.8. The van der Waals surface area contributed by atoms with Crippen LogP contribution in [0.25, 0.3) is 21.1 Å². The van der Waals surface area contributed by atoms with Gasteiger partial charge >= 0.3 is 6.09 Å². The van der Waals surface area contributed by atoms with Gasteiger partial charge in [0.15, 0.2) is 0 Å². The highest BCUT2D eigenvalue weighted by Crippen LogP contribution is 2.36. The van der Waals surface area contributed by atoms with Crippen molar-refractivity contribution in [1.82, 2.24) is 15.2 Å². The molecule has 1 aromatic carbocycles. The molecule has 1 aliphatic rings. The quantitative estimate of drug-likeness (QED) is 0.513. The molecule has 1 saturated heterocycles. The van der Waals surface area contributed by atoms with Crippen LogP contribution < -0.4 is 5.32 Å². The summed E-state index contributed by atoms with van der Waals surface area (Å²) in [5, 5.41) is 6.11. The summed E-state index contributed by atoms with van der Waals surface area (Å²) in [4.78, 5) is 33.8. The van der Waals surface area contributed by atoms with Gasteiger partial charge in [0.2, 0.25) is 5.91 Å². The van der Waals surface area contributed by atoms with E-state index < -0.39 is 5.60 Å². The summed E-state index contributed by atoms with van der Waals surface area (Å²) in [7, 11) is 0. The van der Waals surface area contributed by atoms with E-state index in [4.69, 9.17) is 9.72 Å². The Labute approximate surface area is 202 Å². The minimum atomic E-state index is -0.504. The lowest BCUT2D eigenvalue weighted by Crippen LogP contribution is -2.48. The van der Waals surface area contributed by atoms with Crippen molar-refractivity contribution in [3.8, 4) is 21.1 Å². The van der Waals surface area contributed by atoms with Crippen LogP contribution in [0.1, 0.15) is 38.5 Å². The number of amides is 2. The van der Waals surface area contributed by atoms with Crippen LogP contribution in [0.5, 0.6) is 0 Å². The third kappa shape index (κ3) is 6.21. The van der Waals surface area contributed by atoms with E-state index in [0.717, 1.165) is 38.9 Å². The van der Waals surface area contributed by atoms with Crippen LogP contribution in [-0.4, -0.2) is 46.6 Å². The third-order valence-corrected chi connectivity index (χ3v) is 7.29. The fourth-order valence-electron chi connectivity index (χ4n) is 3.74. The van der Waals surface area contributed by atoms with Crippen molar-refractivity contribution in [3.63, 3.8) is 0 Å². The second-order valence-electron chi connectivity index (χ2n) is 9.12. The Kier molecular flexibility index (Phi) is 7.14. The minimum Gasteiger partial charge on any atom is -0.444 e. The summed E-state index contributed by atoms with van der Waals surface area (Å²) in [6.45, 7) is 6.76. The Hall–Kier alpha value is -2.71. The number of aromatic nitrogens is 1. The number of hydrogen-bond donors (Lipinski definition) is 1. The second-order valence-corrected chi connectivity index (χ2v) is 11.2. The highest BCUT2D eigenvalue weighted by Gasteiger charge is 2.28. The number of ether oxygens (including phenoxy) is 1. The zero-order valence-electron chi connectivity index (χ0n) is 19.2. The molecule has 0 bridgehead atoms. The molecule has 1 aliphatic heterocycles. The summed E-state index contributed by atoms with van der Waals surface area (Å²) in [6.07, 6.45) is 1.46. The molecule has 0 radical (unpaired) electrons. The molecule has 3 aromatic rings. The van der Waals surface area contributed by atoms with E-state index in [-0.39, 0.29) is 18.0 Å². The molecule has 0 unspecified atom stereocenters. The molecule has 0 spiro atoms. The number of benzene rings is 1. The van der Waals surface area contributed by atoms with Gasteiger partial charge in [-0.2, -0.15) is 0 Å². The fraction of sp³-hybridized carbons (Fsp3) is 0.400. The summed E-state index contributed by atoms with van der Waals surface area (Å²) in [6, 6.07) is 14.2. The maximum Gasteiger partial charge on any atom is 0.410 e. The molecule has 1 N–H and O–H groups in total. The van der Waals surface area contributed by atoms with Gasteiger partial charge in [0, 0.05) is 29.6 Å². The first-order valence-corrected chi connectivity index (χ1v) is 12.8. The van der Waals surface area contributed by atoms with Gasteiger partial charge in [-0.1, -0.05) is 36.4 Å². The van der Waals surface area contributed by atoms with Crippen molar-refractivity contribution in [2.45, 2.75) is 51.7 Å². The van der Waals surface area contributed by atoms with E-state index >= 15 is 0 Å². The Morgan fingerprint density at radius 1 is 1.12 bits per heavy atom. The van der Waals surface area contributed by atoms with Gasteiger partial charge < -0.3 is 15.0 Å². The Balaban J connectivity index is 1.39. The number of nitrogens with one attached hydrogen (secondary N) is 1. The first kappa shape index (κ1) is 23.4. The largest absolute Gasteiger partial charge is 0.444 e. The van der Waals surface area contributed by atoms with Gasteiger partial charge in [0.05, 0.1) is 17.0 Å². The normalized spacial score (nSPS) is 14.8. The third-order valence-electron chi connectivity index (χ3n) is 5.31. The molecule has 4 rings (SSSR count). The second kappa shape index (κ2) is 10.1. The van der Waals surface area contributed by atoms with Crippen molar-refractivity contribution >= 4 is 34.7 Å². The van der Waals surface area contributed by atoms with Crippen LogP contribution in [0.15, 0.2) is 47.8 Å². The van der Waals surface area contributed by atoms with E-state index in [1.807, 2.05) is 68.6 Å². The number of likely N-dealkylation sites (tertiary alicyclic amines) is 1. The molecular formula is C25H29N3O3S2. The molecule has 174 valence electrons. The molecule has 33 heavy (non-hydrogen) atoms. The molecule has 6 nitrogen and oxygen atoms in total. The van der Waals surface area contributed by atoms with Gasteiger partial charge in [0.1, 0.15) is 10.6 Å². The van der Waals surface area contributed by atoms with Gasteiger partial charge in [-0.15, -0.1) is 22.7 Å². The van der Waals surface area contributed by atoms with Crippen molar-refractivity contribution in [2.75, 3.05) is 13.1 Å². The predicted octanol–water partition coefficient (Wildman–Crippen LogP) is 5.60.